The summed E-state index contributed by atoms with van der Waals surface area (Å²) in [6.07, 6.45) is 2.07. The highest BCUT2D eigenvalue weighted by Crippen LogP contribution is 2.18. The Kier molecular flexibility index (Phi) is 7.20. The van der Waals surface area contributed by atoms with Crippen LogP contribution in [0, 0.1) is 5.92 Å². The molecule has 1 N–H and O–H groups in total. The average molecular weight is 380 g/mol. The van der Waals surface area contributed by atoms with E-state index in [1.807, 2.05) is 23.1 Å². The summed E-state index contributed by atoms with van der Waals surface area (Å²) in [7, 11) is 0. The van der Waals surface area contributed by atoms with Crippen molar-refractivity contribution < 1.29 is 14.3 Å². The highest BCUT2D eigenvalue weighted by Gasteiger charge is 2.22. The number of ether oxygens (including phenoxy) is 1. The summed E-state index contributed by atoms with van der Waals surface area (Å²) < 4.78 is 5.64. The van der Waals surface area contributed by atoms with Gasteiger partial charge < -0.3 is 15.0 Å². The summed E-state index contributed by atoms with van der Waals surface area (Å²) in [6, 6.07) is 16.1. The Morgan fingerprint density at radius 2 is 1.64 bits per heavy atom. The van der Waals surface area contributed by atoms with Gasteiger partial charge in [-0.1, -0.05) is 37.3 Å². The molecule has 0 bridgehead atoms. The maximum absolute atomic E-state index is 12.4. The number of piperidine rings is 1. The smallest absolute Gasteiger partial charge is 0.260 e. The van der Waals surface area contributed by atoms with Gasteiger partial charge in [-0.3, -0.25) is 9.59 Å². The van der Waals surface area contributed by atoms with E-state index < -0.39 is 0 Å². The molecular weight excluding hydrogens is 352 g/mol. The van der Waals surface area contributed by atoms with E-state index in [-0.39, 0.29) is 18.3 Å². The van der Waals surface area contributed by atoms with Gasteiger partial charge in [0.1, 0.15) is 5.75 Å². The minimum atomic E-state index is -0.0244. The number of amides is 1. The second-order valence-corrected chi connectivity index (χ2v) is 7.14. The van der Waals surface area contributed by atoms with Crippen LogP contribution in [0.4, 0.5) is 0 Å². The first-order chi connectivity index (χ1) is 13.7. The third-order valence-electron chi connectivity index (χ3n) is 5.17. The molecule has 1 heterocycles. The van der Waals surface area contributed by atoms with Crippen LogP contribution in [0.2, 0.25) is 0 Å². The summed E-state index contributed by atoms with van der Waals surface area (Å²) in [5.74, 6) is 1.25. The molecule has 5 nitrogen and oxygen atoms in total. The zero-order valence-electron chi connectivity index (χ0n) is 16.4. The molecule has 0 unspecified atom stereocenters. The number of carbonyl (C=O) groups excluding carboxylic acids is 2. The van der Waals surface area contributed by atoms with E-state index in [1.54, 1.807) is 36.4 Å². The van der Waals surface area contributed by atoms with E-state index in [1.165, 1.54) is 0 Å². The van der Waals surface area contributed by atoms with Crippen LogP contribution in [-0.2, 0) is 4.79 Å². The third kappa shape index (κ3) is 5.42. The molecule has 3 rings (SSSR count). The van der Waals surface area contributed by atoms with Crippen molar-refractivity contribution in [3.05, 3.63) is 65.7 Å². The molecule has 1 saturated heterocycles. The van der Waals surface area contributed by atoms with Crippen molar-refractivity contribution in [2.24, 2.45) is 5.92 Å². The molecule has 0 radical (unpaired) electrons. The number of rotatable bonds is 8. The molecule has 1 aliphatic heterocycles. The fourth-order valence-electron chi connectivity index (χ4n) is 3.43. The van der Waals surface area contributed by atoms with Crippen molar-refractivity contribution in [1.29, 1.82) is 0 Å². The van der Waals surface area contributed by atoms with Crippen LogP contribution in [-0.4, -0.2) is 49.4 Å². The number of likely N-dealkylation sites (tertiary alicyclic amines) is 1. The Morgan fingerprint density at radius 1 is 1.00 bits per heavy atom. The standard InChI is InChI=1S/C23H28N2O3/c1-2-24-16-18-12-14-25(15-13-18)22(26)17-28-21-10-8-20(9-11-21)23(27)19-6-4-3-5-7-19/h3-11,18,24H,2,12-17H2,1H3. The van der Waals surface area contributed by atoms with Crippen molar-refractivity contribution in [2.45, 2.75) is 19.8 Å². The molecule has 0 aromatic heterocycles. The summed E-state index contributed by atoms with van der Waals surface area (Å²) in [6.45, 7) is 5.75. The lowest BCUT2D eigenvalue weighted by molar-refractivity contribution is -0.134. The molecule has 1 fully saturated rings. The van der Waals surface area contributed by atoms with Crippen molar-refractivity contribution in [3.8, 4) is 5.75 Å². The van der Waals surface area contributed by atoms with E-state index in [9.17, 15) is 9.59 Å². The maximum Gasteiger partial charge on any atom is 0.260 e. The zero-order valence-corrected chi connectivity index (χ0v) is 16.4. The first kappa shape index (κ1) is 20.1. The first-order valence-corrected chi connectivity index (χ1v) is 9.98. The summed E-state index contributed by atoms with van der Waals surface area (Å²) in [5.41, 5.74) is 1.26. The number of nitrogens with one attached hydrogen (secondary N) is 1. The Hall–Kier alpha value is -2.66. The second kappa shape index (κ2) is 10.0. The van der Waals surface area contributed by atoms with Gasteiger partial charge in [0.2, 0.25) is 0 Å². The molecule has 148 valence electrons. The van der Waals surface area contributed by atoms with Crippen LogP contribution in [0.15, 0.2) is 54.6 Å². The van der Waals surface area contributed by atoms with Crippen molar-refractivity contribution >= 4 is 11.7 Å². The summed E-state index contributed by atoms with van der Waals surface area (Å²) in [5, 5.41) is 3.38. The van der Waals surface area contributed by atoms with E-state index in [4.69, 9.17) is 4.74 Å². The quantitative estimate of drug-likeness (QED) is 0.715. The highest BCUT2D eigenvalue weighted by atomic mass is 16.5. The largest absolute Gasteiger partial charge is 0.484 e. The molecule has 5 heteroatoms. The van der Waals surface area contributed by atoms with Gasteiger partial charge in [-0.25, -0.2) is 0 Å². The van der Waals surface area contributed by atoms with Crippen LogP contribution < -0.4 is 10.1 Å². The number of carbonyl (C=O) groups is 2. The van der Waals surface area contributed by atoms with Gasteiger partial charge in [-0.05, 0) is 56.1 Å². The van der Waals surface area contributed by atoms with Crippen LogP contribution in [0.1, 0.15) is 35.7 Å². The predicted molar refractivity (Wildman–Crippen MR) is 110 cm³/mol. The van der Waals surface area contributed by atoms with Gasteiger partial charge in [0.05, 0.1) is 0 Å². The molecule has 1 amide bonds. The SMILES string of the molecule is CCNCC1CCN(C(=O)COc2ccc(C(=O)c3ccccc3)cc2)CC1. The second-order valence-electron chi connectivity index (χ2n) is 7.14. The van der Waals surface area contributed by atoms with Gasteiger partial charge in [-0.15, -0.1) is 0 Å². The van der Waals surface area contributed by atoms with Crippen LogP contribution >= 0.6 is 0 Å². The summed E-state index contributed by atoms with van der Waals surface area (Å²) in [4.78, 5) is 26.7. The molecule has 2 aromatic carbocycles. The van der Waals surface area contributed by atoms with Gasteiger partial charge in [0, 0.05) is 24.2 Å². The predicted octanol–water partition coefficient (Wildman–Crippen LogP) is 3.14. The van der Waals surface area contributed by atoms with Crippen molar-refractivity contribution in [1.82, 2.24) is 10.2 Å². The minimum absolute atomic E-state index is 0.0198. The molecule has 0 saturated carbocycles. The molecule has 1 aliphatic rings. The van der Waals surface area contributed by atoms with E-state index in [0.717, 1.165) is 39.0 Å². The number of hydrogen-bond donors (Lipinski definition) is 1. The zero-order chi connectivity index (χ0) is 19.8. The summed E-state index contributed by atoms with van der Waals surface area (Å²) >= 11 is 0. The lowest BCUT2D eigenvalue weighted by Gasteiger charge is -2.32. The fraction of sp³-hybridized carbons (Fsp3) is 0.391. The number of benzene rings is 2. The van der Waals surface area contributed by atoms with E-state index in [0.29, 0.717) is 22.8 Å². The highest BCUT2D eigenvalue weighted by molar-refractivity contribution is 6.08. The first-order valence-electron chi connectivity index (χ1n) is 9.98. The van der Waals surface area contributed by atoms with Crippen LogP contribution in [0.5, 0.6) is 5.75 Å². The van der Waals surface area contributed by atoms with Gasteiger partial charge in [0.15, 0.2) is 12.4 Å². The van der Waals surface area contributed by atoms with E-state index >= 15 is 0 Å². The maximum atomic E-state index is 12.4. The van der Waals surface area contributed by atoms with Crippen LogP contribution in [0.3, 0.4) is 0 Å². The molecule has 2 aromatic rings. The van der Waals surface area contributed by atoms with Crippen molar-refractivity contribution in [2.75, 3.05) is 32.8 Å². The van der Waals surface area contributed by atoms with Crippen LogP contribution in [0.25, 0.3) is 0 Å². The van der Waals surface area contributed by atoms with Gasteiger partial charge in [-0.2, -0.15) is 0 Å². The number of nitrogens with zero attached hydrogens (tertiary/aromatic N) is 1. The topological polar surface area (TPSA) is 58.6 Å². The normalized spacial score (nSPS) is 14.7. The van der Waals surface area contributed by atoms with E-state index in [2.05, 4.69) is 12.2 Å². The molecule has 0 aliphatic carbocycles. The van der Waals surface area contributed by atoms with Crippen molar-refractivity contribution in [3.63, 3.8) is 0 Å². The molecule has 28 heavy (non-hydrogen) atoms. The lowest BCUT2D eigenvalue weighted by Crippen LogP contribution is -2.42. The number of ketones is 1. The molecular formula is C23H28N2O3. The minimum Gasteiger partial charge on any atom is -0.484 e. The fourth-order valence-corrected chi connectivity index (χ4v) is 3.43. The molecule has 0 atom stereocenters. The Balaban J connectivity index is 1.46. The van der Waals surface area contributed by atoms with Gasteiger partial charge in [0.25, 0.3) is 5.91 Å². The Morgan fingerprint density at radius 3 is 2.29 bits per heavy atom. The Labute approximate surface area is 166 Å². The monoisotopic (exact) mass is 380 g/mol. The molecule has 0 spiro atoms. The van der Waals surface area contributed by atoms with Gasteiger partial charge >= 0.3 is 0 Å². The third-order valence-corrected chi connectivity index (χ3v) is 5.17. The lowest BCUT2D eigenvalue weighted by atomic mass is 9.97. The average Bonchev–Trinajstić information content (AvgIpc) is 2.77. The Bertz CT molecular complexity index is 766. The number of hydrogen-bond acceptors (Lipinski definition) is 4.